The number of piperazine rings is 1. The standard InChI is InChI=1S/C14H26N8O/c1-10(11-16-12(15)18-13(17-11)19(2)3)21-6-8-22(9-7-21)14(23)20(4)5/h10H,6-9H2,1-5H3,(H2,15,16,17,18)/t10-/m0/s1. The molecule has 2 heterocycles. The van der Waals surface area contributed by atoms with Gasteiger partial charge in [0.1, 0.15) is 0 Å². The molecule has 128 valence electrons. The lowest BCUT2D eigenvalue weighted by Gasteiger charge is -2.38. The summed E-state index contributed by atoms with van der Waals surface area (Å²) in [5.74, 6) is 1.45. The molecule has 0 unspecified atom stereocenters. The number of anilines is 2. The summed E-state index contributed by atoms with van der Waals surface area (Å²) in [5, 5.41) is 0. The fourth-order valence-electron chi connectivity index (χ4n) is 2.53. The second-order valence-corrected chi connectivity index (χ2v) is 6.12. The van der Waals surface area contributed by atoms with Gasteiger partial charge in [-0.15, -0.1) is 0 Å². The molecule has 23 heavy (non-hydrogen) atoms. The van der Waals surface area contributed by atoms with Gasteiger partial charge in [-0.1, -0.05) is 0 Å². The zero-order valence-electron chi connectivity index (χ0n) is 14.5. The van der Waals surface area contributed by atoms with Gasteiger partial charge in [0, 0.05) is 54.4 Å². The summed E-state index contributed by atoms with van der Waals surface area (Å²) in [7, 11) is 7.28. The van der Waals surface area contributed by atoms with Crippen LogP contribution in [0.1, 0.15) is 18.8 Å². The average Bonchev–Trinajstić information content (AvgIpc) is 2.52. The second kappa shape index (κ2) is 6.95. The molecule has 1 saturated heterocycles. The molecular formula is C14H26N8O. The largest absolute Gasteiger partial charge is 0.368 e. The number of aromatic nitrogens is 3. The van der Waals surface area contributed by atoms with Gasteiger partial charge in [-0.25, -0.2) is 4.79 Å². The van der Waals surface area contributed by atoms with Crippen LogP contribution in [0.2, 0.25) is 0 Å². The van der Waals surface area contributed by atoms with Crippen molar-refractivity contribution in [1.29, 1.82) is 0 Å². The molecule has 0 saturated carbocycles. The highest BCUT2D eigenvalue weighted by molar-refractivity contribution is 5.73. The number of carbonyl (C=O) groups is 1. The molecule has 0 bridgehead atoms. The van der Waals surface area contributed by atoms with Crippen LogP contribution in [0.25, 0.3) is 0 Å². The van der Waals surface area contributed by atoms with Crippen molar-refractivity contribution >= 4 is 17.9 Å². The fourth-order valence-corrected chi connectivity index (χ4v) is 2.53. The summed E-state index contributed by atoms with van der Waals surface area (Å²) in [4.78, 5) is 32.4. The molecule has 9 heteroatoms. The summed E-state index contributed by atoms with van der Waals surface area (Å²) >= 11 is 0. The first-order valence-electron chi connectivity index (χ1n) is 7.68. The molecule has 9 nitrogen and oxygen atoms in total. The number of nitrogen functional groups attached to an aromatic ring is 1. The molecule has 1 atom stereocenters. The average molecular weight is 322 g/mol. The quantitative estimate of drug-likeness (QED) is 0.829. The number of rotatable bonds is 3. The lowest BCUT2D eigenvalue weighted by molar-refractivity contribution is 0.0999. The first-order valence-corrected chi connectivity index (χ1v) is 7.68. The van der Waals surface area contributed by atoms with Gasteiger partial charge >= 0.3 is 6.03 Å². The van der Waals surface area contributed by atoms with Crippen molar-refractivity contribution in [2.45, 2.75) is 13.0 Å². The molecule has 2 N–H and O–H groups in total. The van der Waals surface area contributed by atoms with Crippen molar-refractivity contribution in [2.75, 3.05) is 65.0 Å². The first-order chi connectivity index (χ1) is 10.8. The Bertz CT molecular complexity index is 554. The van der Waals surface area contributed by atoms with Gasteiger partial charge in [-0.05, 0) is 6.92 Å². The third-order valence-electron chi connectivity index (χ3n) is 3.95. The Morgan fingerprint density at radius 1 is 1.09 bits per heavy atom. The lowest BCUT2D eigenvalue weighted by atomic mass is 10.2. The van der Waals surface area contributed by atoms with Gasteiger partial charge in [0.2, 0.25) is 11.9 Å². The number of nitrogens with zero attached hydrogens (tertiary/aromatic N) is 7. The van der Waals surface area contributed by atoms with Crippen molar-refractivity contribution in [3.63, 3.8) is 0 Å². The van der Waals surface area contributed by atoms with E-state index in [9.17, 15) is 4.79 Å². The van der Waals surface area contributed by atoms with Gasteiger partial charge in [0.05, 0.1) is 6.04 Å². The number of carbonyl (C=O) groups excluding carboxylic acids is 1. The van der Waals surface area contributed by atoms with Crippen LogP contribution < -0.4 is 10.6 Å². The van der Waals surface area contributed by atoms with Crippen molar-refractivity contribution in [1.82, 2.24) is 29.7 Å². The van der Waals surface area contributed by atoms with E-state index in [0.717, 1.165) is 13.1 Å². The molecule has 0 spiro atoms. The first kappa shape index (κ1) is 17.2. The summed E-state index contributed by atoms with van der Waals surface area (Å²) < 4.78 is 0. The number of amides is 2. The molecule has 1 aromatic rings. The van der Waals surface area contributed by atoms with Crippen molar-refractivity contribution in [2.24, 2.45) is 0 Å². The highest BCUT2D eigenvalue weighted by Crippen LogP contribution is 2.20. The Morgan fingerprint density at radius 2 is 1.70 bits per heavy atom. The van der Waals surface area contributed by atoms with Gasteiger partial charge in [0.25, 0.3) is 0 Å². The zero-order chi connectivity index (χ0) is 17.1. The van der Waals surface area contributed by atoms with E-state index in [1.165, 1.54) is 0 Å². The normalized spacial score (nSPS) is 17.0. The minimum atomic E-state index is 0.0237. The molecular weight excluding hydrogens is 296 g/mol. The van der Waals surface area contributed by atoms with E-state index in [1.54, 1.807) is 19.0 Å². The summed E-state index contributed by atoms with van der Waals surface area (Å²) in [6.07, 6.45) is 0. The van der Waals surface area contributed by atoms with Crippen LogP contribution in [-0.4, -0.2) is 90.1 Å². The van der Waals surface area contributed by atoms with E-state index in [-0.39, 0.29) is 18.0 Å². The topological polar surface area (TPSA) is 94.7 Å². The fraction of sp³-hybridized carbons (Fsp3) is 0.714. The Labute approximate surface area is 137 Å². The maximum Gasteiger partial charge on any atom is 0.319 e. The molecule has 1 fully saturated rings. The summed E-state index contributed by atoms with van der Waals surface area (Å²) in [6.45, 7) is 5.01. The van der Waals surface area contributed by atoms with Crippen LogP contribution in [0, 0.1) is 0 Å². The molecule has 0 aromatic carbocycles. The van der Waals surface area contributed by atoms with Crippen LogP contribution in [0.4, 0.5) is 16.7 Å². The van der Waals surface area contributed by atoms with Gasteiger partial charge in [-0.2, -0.15) is 15.0 Å². The summed E-state index contributed by atoms with van der Waals surface area (Å²) in [5.41, 5.74) is 5.79. The number of hydrogen-bond donors (Lipinski definition) is 1. The molecule has 1 aliphatic heterocycles. The van der Waals surface area contributed by atoms with Crippen molar-refractivity contribution in [3.05, 3.63) is 5.82 Å². The van der Waals surface area contributed by atoms with Crippen LogP contribution in [0.3, 0.4) is 0 Å². The van der Waals surface area contributed by atoms with Gasteiger partial charge in [0.15, 0.2) is 5.82 Å². The lowest BCUT2D eigenvalue weighted by Crippen LogP contribution is -2.52. The Balaban J connectivity index is 2.05. The van der Waals surface area contributed by atoms with E-state index in [4.69, 9.17) is 5.73 Å². The minimum absolute atomic E-state index is 0.0237. The van der Waals surface area contributed by atoms with Gasteiger partial charge in [-0.3, -0.25) is 4.90 Å². The van der Waals surface area contributed by atoms with E-state index < -0.39 is 0 Å². The van der Waals surface area contributed by atoms with E-state index >= 15 is 0 Å². The highest BCUT2D eigenvalue weighted by Gasteiger charge is 2.27. The third kappa shape index (κ3) is 3.98. The number of nitrogens with two attached hydrogens (primary N) is 1. The predicted octanol–water partition coefficient (Wildman–Crippen LogP) is -0.120. The van der Waals surface area contributed by atoms with Crippen LogP contribution in [-0.2, 0) is 0 Å². The Kier molecular flexibility index (Phi) is 5.19. The van der Waals surface area contributed by atoms with Crippen molar-refractivity contribution in [3.8, 4) is 0 Å². The second-order valence-electron chi connectivity index (χ2n) is 6.12. The summed E-state index contributed by atoms with van der Waals surface area (Å²) in [6, 6.07) is 0.0761. The number of urea groups is 1. The van der Waals surface area contributed by atoms with E-state index in [1.807, 2.05) is 23.9 Å². The SMILES string of the molecule is C[C@@H](c1nc(N)nc(N(C)C)n1)N1CCN(C(=O)N(C)C)CC1. The molecule has 0 aliphatic carbocycles. The monoisotopic (exact) mass is 322 g/mol. The van der Waals surface area contributed by atoms with Gasteiger partial charge < -0.3 is 20.4 Å². The smallest absolute Gasteiger partial charge is 0.319 e. The molecule has 2 rings (SSSR count). The van der Waals surface area contributed by atoms with E-state index in [2.05, 4.69) is 26.8 Å². The predicted molar refractivity (Wildman–Crippen MR) is 89.2 cm³/mol. The van der Waals surface area contributed by atoms with Crippen LogP contribution in [0.15, 0.2) is 0 Å². The number of hydrogen-bond acceptors (Lipinski definition) is 7. The third-order valence-corrected chi connectivity index (χ3v) is 3.95. The molecule has 1 aliphatic rings. The minimum Gasteiger partial charge on any atom is -0.368 e. The zero-order valence-corrected chi connectivity index (χ0v) is 14.5. The molecule has 1 aromatic heterocycles. The highest BCUT2D eigenvalue weighted by atomic mass is 16.2. The molecule has 0 radical (unpaired) electrons. The van der Waals surface area contributed by atoms with Crippen LogP contribution in [0.5, 0.6) is 0 Å². The maximum atomic E-state index is 12.0. The Morgan fingerprint density at radius 3 is 2.22 bits per heavy atom. The Hall–Kier alpha value is -2.16. The molecule has 2 amide bonds. The maximum absolute atomic E-state index is 12.0. The van der Waals surface area contributed by atoms with E-state index in [0.29, 0.717) is 24.9 Å². The van der Waals surface area contributed by atoms with Crippen molar-refractivity contribution < 1.29 is 4.79 Å². The van der Waals surface area contributed by atoms with Crippen LogP contribution >= 0.6 is 0 Å².